The SMILES string of the molecule is CC(C)C(CO)NC(=O)c1ccn[nH]1. The maximum Gasteiger partial charge on any atom is 0.269 e. The second-order valence-electron chi connectivity index (χ2n) is 3.48. The molecule has 0 saturated carbocycles. The number of carbonyl (C=O) groups is 1. The first-order chi connectivity index (χ1) is 6.65. The van der Waals surface area contributed by atoms with Crippen LogP contribution in [0.3, 0.4) is 0 Å². The lowest BCUT2D eigenvalue weighted by Crippen LogP contribution is -2.41. The predicted molar refractivity (Wildman–Crippen MR) is 51.8 cm³/mol. The highest BCUT2D eigenvalue weighted by molar-refractivity contribution is 5.92. The molecule has 0 aliphatic rings. The van der Waals surface area contributed by atoms with Gasteiger partial charge in [-0.25, -0.2) is 0 Å². The van der Waals surface area contributed by atoms with Crippen LogP contribution >= 0.6 is 0 Å². The van der Waals surface area contributed by atoms with Gasteiger partial charge < -0.3 is 10.4 Å². The van der Waals surface area contributed by atoms with Gasteiger partial charge in [0, 0.05) is 6.20 Å². The third-order valence-corrected chi connectivity index (χ3v) is 2.06. The van der Waals surface area contributed by atoms with Gasteiger partial charge in [-0.3, -0.25) is 9.89 Å². The van der Waals surface area contributed by atoms with Crippen molar-refractivity contribution in [3.05, 3.63) is 18.0 Å². The Balaban J connectivity index is 2.56. The van der Waals surface area contributed by atoms with E-state index in [0.29, 0.717) is 5.69 Å². The van der Waals surface area contributed by atoms with Crippen LogP contribution in [-0.4, -0.2) is 33.9 Å². The minimum atomic E-state index is -0.241. The summed E-state index contributed by atoms with van der Waals surface area (Å²) in [6.07, 6.45) is 1.51. The Labute approximate surface area is 82.5 Å². The highest BCUT2D eigenvalue weighted by Crippen LogP contribution is 2.02. The average molecular weight is 197 g/mol. The number of amides is 1. The lowest BCUT2D eigenvalue weighted by atomic mass is 10.1. The van der Waals surface area contributed by atoms with Gasteiger partial charge in [0.05, 0.1) is 12.6 Å². The fourth-order valence-electron chi connectivity index (χ4n) is 1.05. The van der Waals surface area contributed by atoms with Crippen LogP contribution in [0.2, 0.25) is 0 Å². The van der Waals surface area contributed by atoms with Crippen LogP contribution in [0.1, 0.15) is 24.3 Å². The molecule has 0 spiro atoms. The van der Waals surface area contributed by atoms with E-state index in [4.69, 9.17) is 5.11 Å². The van der Waals surface area contributed by atoms with Crippen molar-refractivity contribution in [3.63, 3.8) is 0 Å². The van der Waals surface area contributed by atoms with Gasteiger partial charge in [0.1, 0.15) is 5.69 Å². The van der Waals surface area contributed by atoms with E-state index in [-0.39, 0.29) is 24.5 Å². The van der Waals surface area contributed by atoms with E-state index in [1.807, 2.05) is 13.8 Å². The van der Waals surface area contributed by atoms with Crippen LogP contribution in [0.15, 0.2) is 12.3 Å². The highest BCUT2D eigenvalue weighted by Gasteiger charge is 2.16. The van der Waals surface area contributed by atoms with Crippen LogP contribution in [0.5, 0.6) is 0 Å². The summed E-state index contributed by atoms with van der Waals surface area (Å²) in [4.78, 5) is 11.5. The lowest BCUT2D eigenvalue weighted by molar-refractivity contribution is 0.0892. The van der Waals surface area contributed by atoms with Crippen molar-refractivity contribution < 1.29 is 9.90 Å². The number of aromatic nitrogens is 2. The van der Waals surface area contributed by atoms with Crippen molar-refractivity contribution in [2.75, 3.05) is 6.61 Å². The normalized spacial score (nSPS) is 12.9. The van der Waals surface area contributed by atoms with Gasteiger partial charge in [0.25, 0.3) is 5.91 Å². The molecule has 1 heterocycles. The molecular weight excluding hydrogens is 182 g/mol. The monoisotopic (exact) mass is 197 g/mol. The molecule has 1 aromatic heterocycles. The summed E-state index contributed by atoms with van der Waals surface area (Å²) in [5, 5.41) is 17.9. The van der Waals surface area contributed by atoms with Crippen LogP contribution in [0, 0.1) is 5.92 Å². The van der Waals surface area contributed by atoms with E-state index in [2.05, 4.69) is 15.5 Å². The molecule has 0 aromatic carbocycles. The van der Waals surface area contributed by atoms with Crippen molar-refractivity contribution in [1.29, 1.82) is 0 Å². The quantitative estimate of drug-likeness (QED) is 0.643. The van der Waals surface area contributed by atoms with Gasteiger partial charge in [-0.2, -0.15) is 5.10 Å². The summed E-state index contributed by atoms with van der Waals surface area (Å²) in [5.41, 5.74) is 0.407. The van der Waals surface area contributed by atoms with E-state index in [0.717, 1.165) is 0 Å². The van der Waals surface area contributed by atoms with Crippen LogP contribution in [0.4, 0.5) is 0 Å². The molecule has 0 saturated heterocycles. The molecule has 3 N–H and O–H groups in total. The number of nitrogens with zero attached hydrogens (tertiary/aromatic N) is 1. The molecule has 0 aliphatic heterocycles. The average Bonchev–Trinajstić information content (AvgIpc) is 2.65. The molecule has 1 unspecified atom stereocenters. The number of aromatic amines is 1. The largest absolute Gasteiger partial charge is 0.394 e. The summed E-state index contributed by atoms with van der Waals surface area (Å²) in [6.45, 7) is 3.82. The number of hydrogen-bond acceptors (Lipinski definition) is 3. The number of rotatable bonds is 4. The minimum Gasteiger partial charge on any atom is -0.394 e. The molecule has 1 atom stereocenters. The van der Waals surface area contributed by atoms with Crippen molar-refractivity contribution in [2.45, 2.75) is 19.9 Å². The number of aliphatic hydroxyl groups is 1. The van der Waals surface area contributed by atoms with Crippen LogP contribution < -0.4 is 5.32 Å². The highest BCUT2D eigenvalue weighted by atomic mass is 16.3. The van der Waals surface area contributed by atoms with Crippen LogP contribution in [0.25, 0.3) is 0 Å². The second-order valence-corrected chi connectivity index (χ2v) is 3.48. The van der Waals surface area contributed by atoms with Crippen molar-refractivity contribution in [1.82, 2.24) is 15.5 Å². The molecule has 0 aliphatic carbocycles. The second kappa shape index (κ2) is 4.76. The molecule has 5 heteroatoms. The summed E-state index contributed by atoms with van der Waals surface area (Å²) in [6, 6.07) is 1.37. The molecule has 1 rings (SSSR count). The van der Waals surface area contributed by atoms with Gasteiger partial charge in [-0.15, -0.1) is 0 Å². The fourth-order valence-corrected chi connectivity index (χ4v) is 1.05. The standard InChI is InChI=1S/C9H15N3O2/c1-6(2)8(5-13)11-9(14)7-3-4-10-12-7/h3-4,6,8,13H,5H2,1-2H3,(H,10,12)(H,11,14). The van der Waals surface area contributed by atoms with E-state index in [1.54, 1.807) is 6.07 Å². The van der Waals surface area contributed by atoms with Gasteiger partial charge in [-0.05, 0) is 12.0 Å². The third-order valence-electron chi connectivity index (χ3n) is 2.06. The smallest absolute Gasteiger partial charge is 0.269 e. The first-order valence-corrected chi connectivity index (χ1v) is 4.56. The van der Waals surface area contributed by atoms with E-state index < -0.39 is 0 Å². The molecule has 0 bridgehead atoms. The number of aliphatic hydroxyl groups excluding tert-OH is 1. The summed E-state index contributed by atoms with van der Waals surface area (Å²) < 4.78 is 0. The van der Waals surface area contributed by atoms with Gasteiger partial charge in [-0.1, -0.05) is 13.8 Å². The summed E-state index contributed by atoms with van der Waals surface area (Å²) >= 11 is 0. The molecule has 0 radical (unpaired) electrons. The van der Waals surface area contributed by atoms with Crippen LogP contribution in [-0.2, 0) is 0 Å². The topological polar surface area (TPSA) is 78.0 Å². The Kier molecular flexibility index (Phi) is 3.64. The van der Waals surface area contributed by atoms with E-state index in [1.165, 1.54) is 6.20 Å². The number of hydrogen-bond donors (Lipinski definition) is 3. The fraction of sp³-hybridized carbons (Fsp3) is 0.556. The van der Waals surface area contributed by atoms with Crippen molar-refractivity contribution in [2.24, 2.45) is 5.92 Å². The molecule has 14 heavy (non-hydrogen) atoms. The molecular formula is C9H15N3O2. The minimum absolute atomic E-state index is 0.0580. The molecule has 0 fully saturated rings. The maximum atomic E-state index is 11.5. The predicted octanol–water partition coefficient (Wildman–Crippen LogP) is 0.156. The third kappa shape index (κ3) is 2.56. The van der Waals surface area contributed by atoms with Crippen molar-refractivity contribution >= 4 is 5.91 Å². The molecule has 5 nitrogen and oxygen atoms in total. The lowest BCUT2D eigenvalue weighted by Gasteiger charge is -2.19. The zero-order chi connectivity index (χ0) is 10.6. The van der Waals surface area contributed by atoms with Crippen molar-refractivity contribution in [3.8, 4) is 0 Å². The molecule has 78 valence electrons. The number of nitrogens with one attached hydrogen (secondary N) is 2. The first kappa shape index (κ1) is 10.7. The van der Waals surface area contributed by atoms with Gasteiger partial charge >= 0.3 is 0 Å². The summed E-state index contributed by atoms with van der Waals surface area (Å²) in [5.74, 6) is -0.0397. The zero-order valence-electron chi connectivity index (χ0n) is 8.32. The van der Waals surface area contributed by atoms with E-state index in [9.17, 15) is 4.79 Å². The van der Waals surface area contributed by atoms with Gasteiger partial charge in [0.15, 0.2) is 0 Å². The summed E-state index contributed by atoms with van der Waals surface area (Å²) in [7, 11) is 0. The number of H-pyrrole nitrogens is 1. The molecule has 1 amide bonds. The Morgan fingerprint density at radius 3 is 2.86 bits per heavy atom. The van der Waals surface area contributed by atoms with E-state index >= 15 is 0 Å². The Bertz CT molecular complexity index is 282. The number of carbonyl (C=O) groups excluding carboxylic acids is 1. The zero-order valence-corrected chi connectivity index (χ0v) is 8.32. The van der Waals surface area contributed by atoms with Gasteiger partial charge in [0.2, 0.25) is 0 Å². The molecule has 1 aromatic rings. The Morgan fingerprint density at radius 2 is 2.43 bits per heavy atom. The Hall–Kier alpha value is -1.36. The Morgan fingerprint density at radius 1 is 1.71 bits per heavy atom. The maximum absolute atomic E-state index is 11.5. The first-order valence-electron chi connectivity index (χ1n) is 4.56.